The van der Waals surface area contributed by atoms with Crippen LogP contribution in [-0.2, 0) is 0 Å². The first-order valence-electron chi connectivity index (χ1n) is 7.44. The van der Waals surface area contributed by atoms with Gasteiger partial charge in [-0.1, -0.05) is 20.8 Å². The van der Waals surface area contributed by atoms with Crippen LogP contribution in [-0.4, -0.2) is 30.6 Å². The second-order valence-corrected chi connectivity index (χ2v) is 7.31. The molecule has 0 aromatic rings. The van der Waals surface area contributed by atoms with Gasteiger partial charge in [-0.15, -0.1) is 0 Å². The van der Waals surface area contributed by atoms with Crippen molar-refractivity contribution < 1.29 is 0 Å². The average Bonchev–Trinajstić information content (AvgIpc) is 2.26. The Morgan fingerprint density at radius 3 is 2.47 bits per heavy atom. The number of nitrogens with zero attached hydrogens (tertiary/aromatic N) is 1. The van der Waals surface area contributed by atoms with Crippen LogP contribution in [0.1, 0.15) is 52.9 Å². The summed E-state index contributed by atoms with van der Waals surface area (Å²) in [5, 5.41) is 0. The first-order valence-corrected chi connectivity index (χ1v) is 7.44. The Bertz CT molecular complexity index is 241. The highest BCUT2D eigenvalue weighted by Gasteiger charge is 2.34. The predicted octanol–water partition coefficient (Wildman–Crippen LogP) is 2.87. The van der Waals surface area contributed by atoms with Crippen molar-refractivity contribution in [1.82, 2.24) is 4.90 Å². The summed E-state index contributed by atoms with van der Waals surface area (Å²) in [5.74, 6) is 1.66. The smallest absolute Gasteiger partial charge is 0.00797 e. The maximum Gasteiger partial charge on any atom is 0.00797 e. The van der Waals surface area contributed by atoms with Crippen molar-refractivity contribution in [3.8, 4) is 0 Å². The van der Waals surface area contributed by atoms with Gasteiger partial charge in [0.05, 0.1) is 0 Å². The molecule has 1 aliphatic carbocycles. The number of hydrogen-bond acceptors (Lipinski definition) is 2. The van der Waals surface area contributed by atoms with Gasteiger partial charge in [0.25, 0.3) is 0 Å². The number of hydrogen-bond donors (Lipinski definition) is 1. The molecule has 0 aromatic carbocycles. The van der Waals surface area contributed by atoms with Crippen LogP contribution < -0.4 is 5.73 Å². The zero-order chi connectivity index (χ0) is 12.5. The van der Waals surface area contributed by atoms with Crippen molar-refractivity contribution in [2.75, 3.05) is 19.6 Å². The summed E-state index contributed by atoms with van der Waals surface area (Å²) < 4.78 is 0. The van der Waals surface area contributed by atoms with Crippen LogP contribution in [0.15, 0.2) is 0 Å². The molecule has 0 radical (unpaired) electrons. The Morgan fingerprint density at radius 1 is 1.18 bits per heavy atom. The maximum atomic E-state index is 6.32. The van der Waals surface area contributed by atoms with Gasteiger partial charge in [0.2, 0.25) is 0 Å². The van der Waals surface area contributed by atoms with Crippen LogP contribution in [0.5, 0.6) is 0 Å². The zero-order valence-corrected chi connectivity index (χ0v) is 11.9. The Balaban J connectivity index is 1.84. The second kappa shape index (κ2) is 5.27. The fraction of sp³-hybridized carbons (Fsp3) is 1.00. The molecule has 1 saturated carbocycles. The molecule has 0 bridgehead atoms. The first kappa shape index (κ1) is 13.4. The third-order valence-corrected chi connectivity index (χ3v) is 4.94. The summed E-state index contributed by atoms with van der Waals surface area (Å²) in [4.78, 5) is 2.66. The number of likely N-dealkylation sites (tertiary alicyclic amines) is 1. The van der Waals surface area contributed by atoms with Gasteiger partial charge in [-0.25, -0.2) is 0 Å². The Morgan fingerprint density at radius 2 is 1.82 bits per heavy atom. The van der Waals surface area contributed by atoms with Crippen LogP contribution in [0.4, 0.5) is 0 Å². The van der Waals surface area contributed by atoms with Crippen molar-refractivity contribution >= 4 is 0 Å². The Hall–Kier alpha value is -0.0800. The van der Waals surface area contributed by atoms with Gasteiger partial charge in [-0.3, -0.25) is 0 Å². The summed E-state index contributed by atoms with van der Waals surface area (Å²) in [7, 11) is 0. The molecule has 17 heavy (non-hydrogen) atoms. The molecule has 2 aliphatic rings. The van der Waals surface area contributed by atoms with Crippen molar-refractivity contribution in [1.29, 1.82) is 0 Å². The molecule has 0 aromatic heterocycles. The molecule has 1 heterocycles. The van der Waals surface area contributed by atoms with E-state index in [1.165, 1.54) is 51.7 Å². The van der Waals surface area contributed by atoms with Crippen molar-refractivity contribution in [3.05, 3.63) is 0 Å². The van der Waals surface area contributed by atoms with Gasteiger partial charge in [0, 0.05) is 12.6 Å². The molecular weight excluding hydrogens is 208 g/mol. The van der Waals surface area contributed by atoms with Gasteiger partial charge >= 0.3 is 0 Å². The van der Waals surface area contributed by atoms with Crippen LogP contribution in [0.25, 0.3) is 0 Å². The van der Waals surface area contributed by atoms with Crippen LogP contribution in [0.2, 0.25) is 0 Å². The summed E-state index contributed by atoms with van der Waals surface area (Å²) in [5.41, 5.74) is 6.84. The summed E-state index contributed by atoms with van der Waals surface area (Å²) in [6, 6.07) is 0.447. The van der Waals surface area contributed by atoms with Crippen molar-refractivity contribution in [2.45, 2.75) is 58.9 Å². The van der Waals surface area contributed by atoms with E-state index < -0.39 is 0 Å². The SMILES string of the molecule is CC1CCN(CC2CC(C)(C)CCC2N)CC1. The standard InChI is InChI=1S/C15H30N2/c1-12-5-8-17(9-6-12)11-13-10-15(2,3)7-4-14(13)16/h12-14H,4-11,16H2,1-3H3. The number of rotatable bonds is 2. The van der Waals surface area contributed by atoms with Crippen molar-refractivity contribution in [3.63, 3.8) is 0 Å². The minimum atomic E-state index is 0.447. The monoisotopic (exact) mass is 238 g/mol. The van der Waals surface area contributed by atoms with E-state index >= 15 is 0 Å². The fourth-order valence-corrected chi connectivity index (χ4v) is 3.53. The molecule has 100 valence electrons. The largest absolute Gasteiger partial charge is 0.327 e. The van der Waals surface area contributed by atoms with E-state index in [0.29, 0.717) is 11.5 Å². The molecule has 0 spiro atoms. The van der Waals surface area contributed by atoms with E-state index in [0.717, 1.165) is 11.8 Å². The van der Waals surface area contributed by atoms with Gasteiger partial charge in [0.1, 0.15) is 0 Å². The van der Waals surface area contributed by atoms with Crippen LogP contribution in [0, 0.1) is 17.3 Å². The topological polar surface area (TPSA) is 29.3 Å². The lowest BCUT2D eigenvalue weighted by molar-refractivity contribution is 0.0968. The van der Waals surface area contributed by atoms with E-state index in [9.17, 15) is 0 Å². The third-order valence-electron chi connectivity index (χ3n) is 4.94. The predicted molar refractivity (Wildman–Crippen MR) is 73.9 cm³/mol. The molecule has 2 rings (SSSR count). The minimum Gasteiger partial charge on any atom is -0.327 e. The number of piperidine rings is 1. The minimum absolute atomic E-state index is 0.447. The maximum absolute atomic E-state index is 6.32. The Kier molecular flexibility index (Phi) is 4.14. The molecular formula is C15H30N2. The lowest BCUT2D eigenvalue weighted by atomic mass is 9.70. The van der Waals surface area contributed by atoms with E-state index in [-0.39, 0.29) is 0 Å². The summed E-state index contributed by atoms with van der Waals surface area (Å²) >= 11 is 0. The van der Waals surface area contributed by atoms with E-state index in [4.69, 9.17) is 5.73 Å². The summed E-state index contributed by atoms with van der Waals surface area (Å²) in [6.07, 6.45) is 6.61. The number of nitrogens with two attached hydrogens (primary N) is 1. The third kappa shape index (κ3) is 3.69. The van der Waals surface area contributed by atoms with Crippen LogP contribution >= 0.6 is 0 Å². The summed E-state index contributed by atoms with van der Waals surface area (Å²) in [6.45, 7) is 11.0. The van der Waals surface area contributed by atoms with E-state index in [1.54, 1.807) is 0 Å². The lowest BCUT2D eigenvalue weighted by Crippen LogP contribution is -2.46. The van der Waals surface area contributed by atoms with Crippen molar-refractivity contribution in [2.24, 2.45) is 23.0 Å². The van der Waals surface area contributed by atoms with E-state index in [1.807, 2.05) is 0 Å². The molecule has 2 nitrogen and oxygen atoms in total. The fourth-order valence-electron chi connectivity index (χ4n) is 3.53. The first-order chi connectivity index (χ1) is 7.96. The normalized spacial score (nSPS) is 36.0. The molecule has 2 atom stereocenters. The average molecular weight is 238 g/mol. The molecule has 2 unspecified atom stereocenters. The van der Waals surface area contributed by atoms with Gasteiger partial charge in [-0.05, 0) is 62.4 Å². The van der Waals surface area contributed by atoms with Gasteiger partial charge in [-0.2, -0.15) is 0 Å². The van der Waals surface area contributed by atoms with Gasteiger partial charge in [0.15, 0.2) is 0 Å². The quantitative estimate of drug-likeness (QED) is 0.801. The Labute approximate surface area is 107 Å². The van der Waals surface area contributed by atoms with Crippen LogP contribution in [0.3, 0.4) is 0 Å². The van der Waals surface area contributed by atoms with Gasteiger partial charge < -0.3 is 10.6 Å². The zero-order valence-electron chi connectivity index (χ0n) is 11.9. The molecule has 2 heteroatoms. The highest BCUT2D eigenvalue weighted by Crippen LogP contribution is 2.38. The highest BCUT2D eigenvalue weighted by atomic mass is 15.1. The molecule has 1 aliphatic heterocycles. The second-order valence-electron chi connectivity index (χ2n) is 7.31. The molecule has 1 saturated heterocycles. The highest BCUT2D eigenvalue weighted by molar-refractivity contribution is 4.89. The lowest BCUT2D eigenvalue weighted by Gasteiger charge is -2.42. The van der Waals surface area contributed by atoms with E-state index in [2.05, 4.69) is 25.7 Å². The molecule has 2 N–H and O–H groups in total. The molecule has 0 amide bonds. The molecule has 2 fully saturated rings.